The number of anilines is 2. The molecular formula is C29H32F4N6O4S. The number of nitrogens with zero attached hydrogens (tertiary/aromatic N) is 5. The summed E-state index contributed by atoms with van der Waals surface area (Å²) in [7, 11) is 0.976. The standard InChI is InChI=1S/C29H32F4N6O4S/c1-16-5-3-4-8-39(16)15-22-24(18-11-19(29(31,32)33)25(43-2)20(30)12-18)36-28(44-22)37-26(40)21-13-35-23(14-34-21)38-9-6-17(7-10-38)27(41)42/h11-14,16-17H,3-10,15H2,1-2H3,(H,41,42)(H,36,37,40). The highest BCUT2D eigenvalue weighted by Crippen LogP contribution is 2.42. The van der Waals surface area contributed by atoms with Crippen molar-refractivity contribution < 1.29 is 37.0 Å². The molecule has 1 aromatic carbocycles. The summed E-state index contributed by atoms with van der Waals surface area (Å²) in [5.74, 6) is -3.39. The van der Waals surface area contributed by atoms with Crippen LogP contribution in [0.5, 0.6) is 5.75 Å². The minimum absolute atomic E-state index is 0.00743. The normalized spacial score (nSPS) is 18.3. The Bertz CT molecular complexity index is 1510. The van der Waals surface area contributed by atoms with Gasteiger partial charge in [-0.05, 0) is 51.3 Å². The number of piperidine rings is 2. The lowest BCUT2D eigenvalue weighted by Crippen LogP contribution is -2.36. The lowest BCUT2D eigenvalue weighted by molar-refractivity contribution is -0.142. The van der Waals surface area contributed by atoms with Gasteiger partial charge >= 0.3 is 12.1 Å². The van der Waals surface area contributed by atoms with Gasteiger partial charge in [0.15, 0.2) is 16.7 Å². The van der Waals surface area contributed by atoms with Crippen LogP contribution in [0.15, 0.2) is 24.5 Å². The van der Waals surface area contributed by atoms with Crippen LogP contribution in [0.2, 0.25) is 0 Å². The van der Waals surface area contributed by atoms with E-state index in [0.717, 1.165) is 56.4 Å². The van der Waals surface area contributed by atoms with E-state index >= 15 is 0 Å². The number of ether oxygens (including phenoxy) is 1. The van der Waals surface area contributed by atoms with E-state index in [9.17, 15) is 32.3 Å². The molecule has 2 saturated heterocycles. The highest BCUT2D eigenvalue weighted by atomic mass is 32.1. The van der Waals surface area contributed by atoms with E-state index in [2.05, 4.69) is 32.1 Å². The number of rotatable bonds is 8. The summed E-state index contributed by atoms with van der Waals surface area (Å²) in [6.45, 7) is 4.24. The first kappa shape index (κ1) is 31.6. The maximum atomic E-state index is 14.9. The van der Waals surface area contributed by atoms with Gasteiger partial charge in [-0.2, -0.15) is 13.2 Å². The van der Waals surface area contributed by atoms with Crippen LogP contribution in [0.4, 0.5) is 28.5 Å². The van der Waals surface area contributed by atoms with Crippen molar-refractivity contribution in [2.45, 2.75) is 57.8 Å². The number of carboxylic acids is 1. The van der Waals surface area contributed by atoms with Crippen LogP contribution in [0.25, 0.3) is 11.3 Å². The van der Waals surface area contributed by atoms with Crippen molar-refractivity contribution in [2.75, 3.05) is 37.0 Å². The van der Waals surface area contributed by atoms with Crippen LogP contribution in [0.3, 0.4) is 0 Å². The SMILES string of the molecule is COc1c(F)cc(-c2nc(NC(=O)c3cnc(N4CCC(C(=O)O)CC4)cn3)sc2CN2CCCCC2C)cc1C(F)(F)F. The smallest absolute Gasteiger partial charge is 0.420 e. The second kappa shape index (κ2) is 13.0. The van der Waals surface area contributed by atoms with E-state index in [1.165, 1.54) is 12.4 Å². The van der Waals surface area contributed by atoms with E-state index < -0.39 is 41.1 Å². The van der Waals surface area contributed by atoms with Crippen molar-refractivity contribution in [1.82, 2.24) is 19.9 Å². The number of carbonyl (C=O) groups excluding carboxylic acids is 1. The Morgan fingerprint density at radius 3 is 2.48 bits per heavy atom. The fourth-order valence-corrected chi connectivity index (χ4v) is 6.59. The predicted octanol–water partition coefficient (Wildman–Crippen LogP) is 5.69. The maximum Gasteiger partial charge on any atom is 0.420 e. The summed E-state index contributed by atoms with van der Waals surface area (Å²) in [6, 6.07) is 2.01. The number of nitrogens with one attached hydrogen (secondary N) is 1. The number of hydrogen-bond acceptors (Lipinski definition) is 9. The number of amides is 1. The molecule has 2 aliphatic rings. The molecule has 44 heavy (non-hydrogen) atoms. The summed E-state index contributed by atoms with van der Waals surface area (Å²) >= 11 is 1.11. The molecule has 15 heteroatoms. The number of likely N-dealkylation sites (tertiary alicyclic amines) is 1. The van der Waals surface area contributed by atoms with Crippen molar-refractivity contribution >= 4 is 34.2 Å². The van der Waals surface area contributed by atoms with Crippen LogP contribution in [0.1, 0.15) is 60.0 Å². The third-order valence-electron chi connectivity index (χ3n) is 8.07. The molecule has 2 aromatic heterocycles. The van der Waals surface area contributed by atoms with Gasteiger partial charge in [0, 0.05) is 36.1 Å². The van der Waals surface area contributed by atoms with Crippen LogP contribution in [-0.4, -0.2) is 69.6 Å². The topological polar surface area (TPSA) is 121 Å². The molecule has 5 rings (SSSR count). The van der Waals surface area contributed by atoms with E-state index in [0.29, 0.717) is 43.2 Å². The Kier molecular flexibility index (Phi) is 9.34. The Morgan fingerprint density at radius 2 is 1.86 bits per heavy atom. The summed E-state index contributed by atoms with van der Waals surface area (Å²) in [6.07, 6.45) is 1.85. The lowest BCUT2D eigenvalue weighted by Gasteiger charge is -2.33. The second-order valence-corrected chi connectivity index (χ2v) is 12.0. The summed E-state index contributed by atoms with van der Waals surface area (Å²) < 4.78 is 61.1. The van der Waals surface area contributed by atoms with Gasteiger partial charge in [0.05, 0.1) is 31.1 Å². The van der Waals surface area contributed by atoms with Gasteiger partial charge in [-0.3, -0.25) is 19.8 Å². The Balaban J connectivity index is 1.40. The van der Waals surface area contributed by atoms with Gasteiger partial charge in [0.1, 0.15) is 17.1 Å². The molecule has 1 unspecified atom stereocenters. The van der Waals surface area contributed by atoms with Gasteiger partial charge in [-0.25, -0.2) is 19.3 Å². The van der Waals surface area contributed by atoms with Gasteiger partial charge in [-0.15, -0.1) is 0 Å². The first-order chi connectivity index (χ1) is 20.9. The van der Waals surface area contributed by atoms with Crippen LogP contribution in [-0.2, 0) is 17.5 Å². The minimum atomic E-state index is -4.87. The monoisotopic (exact) mass is 636 g/mol. The summed E-state index contributed by atoms with van der Waals surface area (Å²) in [4.78, 5) is 42.0. The zero-order chi connectivity index (χ0) is 31.6. The van der Waals surface area contributed by atoms with Gasteiger partial charge in [0.2, 0.25) is 0 Å². The molecule has 2 N–H and O–H groups in total. The van der Waals surface area contributed by atoms with Crippen LogP contribution >= 0.6 is 11.3 Å². The molecule has 0 radical (unpaired) electrons. The molecule has 1 atom stereocenters. The fraction of sp³-hybridized carbons (Fsp3) is 0.483. The molecule has 236 valence electrons. The number of hydrogen-bond donors (Lipinski definition) is 2. The maximum absolute atomic E-state index is 14.9. The van der Waals surface area contributed by atoms with Crippen molar-refractivity contribution in [1.29, 1.82) is 0 Å². The zero-order valence-corrected chi connectivity index (χ0v) is 25.0. The van der Waals surface area contributed by atoms with Crippen molar-refractivity contribution in [3.63, 3.8) is 0 Å². The van der Waals surface area contributed by atoms with Crippen molar-refractivity contribution in [3.05, 3.63) is 46.5 Å². The largest absolute Gasteiger partial charge is 0.493 e. The van der Waals surface area contributed by atoms with Gasteiger partial charge in [0.25, 0.3) is 5.91 Å². The average Bonchev–Trinajstić information content (AvgIpc) is 3.39. The number of methoxy groups -OCH3 is 1. The molecule has 0 bridgehead atoms. The van der Waals surface area contributed by atoms with Crippen LogP contribution in [0, 0.1) is 11.7 Å². The Hall–Kier alpha value is -3.85. The van der Waals surface area contributed by atoms with E-state index in [1.54, 1.807) is 0 Å². The van der Waals surface area contributed by atoms with Gasteiger partial charge in [-0.1, -0.05) is 17.8 Å². The number of thiazole rings is 1. The Morgan fingerprint density at radius 1 is 1.11 bits per heavy atom. The zero-order valence-electron chi connectivity index (χ0n) is 24.2. The summed E-state index contributed by atoms with van der Waals surface area (Å²) in [5.41, 5.74) is -1.20. The number of benzene rings is 1. The lowest BCUT2D eigenvalue weighted by atomic mass is 9.97. The number of aromatic nitrogens is 3. The molecule has 1 amide bonds. The molecule has 0 aliphatic carbocycles. The van der Waals surface area contributed by atoms with Crippen molar-refractivity contribution in [2.24, 2.45) is 5.92 Å². The quantitative estimate of drug-likeness (QED) is 0.300. The molecular weight excluding hydrogens is 604 g/mol. The number of carboxylic acid groups (broad SMARTS) is 1. The Labute approximate surface area is 255 Å². The molecule has 10 nitrogen and oxygen atoms in total. The number of carbonyl (C=O) groups is 2. The first-order valence-electron chi connectivity index (χ1n) is 14.2. The highest BCUT2D eigenvalue weighted by Gasteiger charge is 2.37. The highest BCUT2D eigenvalue weighted by molar-refractivity contribution is 7.16. The van der Waals surface area contributed by atoms with Crippen molar-refractivity contribution in [3.8, 4) is 17.0 Å². The van der Waals surface area contributed by atoms with E-state index in [-0.39, 0.29) is 28.1 Å². The second-order valence-electron chi connectivity index (χ2n) is 11.0. The average molecular weight is 637 g/mol. The predicted molar refractivity (Wildman–Crippen MR) is 155 cm³/mol. The van der Waals surface area contributed by atoms with E-state index in [1.807, 2.05) is 4.90 Å². The minimum Gasteiger partial charge on any atom is -0.493 e. The molecule has 0 saturated carbocycles. The molecule has 2 fully saturated rings. The third kappa shape index (κ3) is 6.93. The van der Waals surface area contributed by atoms with Gasteiger partial charge < -0.3 is 14.7 Å². The first-order valence-corrected chi connectivity index (χ1v) is 15.1. The fourth-order valence-electron chi connectivity index (χ4n) is 5.58. The number of alkyl halides is 3. The molecule has 4 heterocycles. The molecule has 3 aromatic rings. The number of aliphatic carboxylic acids is 1. The van der Waals surface area contributed by atoms with E-state index in [4.69, 9.17) is 4.74 Å². The van der Waals surface area contributed by atoms with Crippen LogP contribution < -0.4 is 15.0 Å². The number of halogens is 4. The molecule has 2 aliphatic heterocycles. The molecule has 0 spiro atoms. The third-order valence-corrected chi connectivity index (χ3v) is 9.03. The summed E-state index contributed by atoms with van der Waals surface area (Å²) in [5, 5.41) is 12.0.